The summed E-state index contributed by atoms with van der Waals surface area (Å²) in [5.74, 6) is -3.85. The minimum Gasteiger partial charge on any atom is -0.341 e. The summed E-state index contributed by atoms with van der Waals surface area (Å²) >= 11 is 6.29. The fourth-order valence-electron chi connectivity index (χ4n) is 4.90. The first-order chi connectivity index (χ1) is 18.7. The van der Waals surface area contributed by atoms with E-state index in [0.29, 0.717) is 17.8 Å². The maximum absolute atomic E-state index is 14.2. The quantitative estimate of drug-likeness (QED) is 0.243. The SMILES string of the molecule is Cc1cc2c3c(c(NC(=O)c4cc(F)cc(C(F)(F)F)c4)cc2n1CC(F)F)C(c1cc(F)ccc1Cl)NC3=O. The second-order valence-electron chi connectivity index (χ2n) is 9.19. The number of aryl methyl sites for hydroxylation is 1. The summed E-state index contributed by atoms with van der Waals surface area (Å²) in [6.45, 7) is 0.785. The molecule has 13 heteroatoms. The molecule has 0 saturated heterocycles. The number of hydrogen-bond acceptors (Lipinski definition) is 2. The number of nitrogens with one attached hydrogen (secondary N) is 2. The third-order valence-electron chi connectivity index (χ3n) is 6.57. The summed E-state index contributed by atoms with van der Waals surface area (Å²) in [4.78, 5) is 26.3. The lowest BCUT2D eigenvalue weighted by molar-refractivity contribution is -0.137. The lowest BCUT2D eigenvalue weighted by Gasteiger charge is -2.19. The number of hydrogen-bond donors (Lipinski definition) is 2. The number of alkyl halides is 5. The van der Waals surface area contributed by atoms with Crippen molar-refractivity contribution in [2.24, 2.45) is 0 Å². The van der Waals surface area contributed by atoms with Gasteiger partial charge in [0.2, 0.25) is 0 Å². The van der Waals surface area contributed by atoms with E-state index < -0.39 is 59.8 Å². The molecular weight excluding hydrogens is 567 g/mol. The zero-order valence-electron chi connectivity index (χ0n) is 20.3. The molecule has 1 aliphatic heterocycles. The fourth-order valence-corrected chi connectivity index (χ4v) is 5.12. The van der Waals surface area contributed by atoms with Crippen molar-refractivity contribution in [2.45, 2.75) is 32.1 Å². The molecule has 0 radical (unpaired) electrons. The molecule has 5 rings (SSSR count). The molecule has 1 unspecified atom stereocenters. The molecule has 3 aromatic carbocycles. The Balaban J connectivity index is 1.72. The summed E-state index contributed by atoms with van der Waals surface area (Å²) in [7, 11) is 0. The number of carbonyl (C=O) groups is 2. The minimum atomic E-state index is -4.94. The highest BCUT2D eigenvalue weighted by molar-refractivity contribution is 6.31. The van der Waals surface area contributed by atoms with Crippen LogP contribution >= 0.6 is 11.6 Å². The van der Waals surface area contributed by atoms with Crippen LogP contribution < -0.4 is 10.6 Å². The van der Waals surface area contributed by atoms with Crippen molar-refractivity contribution in [1.29, 1.82) is 0 Å². The van der Waals surface area contributed by atoms with Crippen LogP contribution in [0.4, 0.5) is 36.4 Å². The highest BCUT2D eigenvalue weighted by atomic mass is 35.5. The zero-order valence-corrected chi connectivity index (χ0v) is 21.0. The van der Waals surface area contributed by atoms with Gasteiger partial charge in [0.15, 0.2) is 0 Å². The Morgan fingerprint density at radius 1 is 1.07 bits per heavy atom. The van der Waals surface area contributed by atoms with E-state index in [0.717, 1.165) is 12.1 Å². The highest BCUT2D eigenvalue weighted by Crippen LogP contribution is 2.44. The lowest BCUT2D eigenvalue weighted by atomic mass is 9.94. The van der Waals surface area contributed by atoms with Crippen LogP contribution in [0.25, 0.3) is 10.9 Å². The molecule has 0 fully saturated rings. The molecule has 2 N–H and O–H groups in total. The average Bonchev–Trinajstić information content (AvgIpc) is 3.36. The van der Waals surface area contributed by atoms with Crippen LogP contribution in [-0.4, -0.2) is 22.8 Å². The van der Waals surface area contributed by atoms with Gasteiger partial charge in [-0.05, 0) is 55.5 Å². The molecule has 0 aliphatic carbocycles. The predicted octanol–water partition coefficient (Wildman–Crippen LogP) is 7.25. The molecule has 0 saturated carbocycles. The lowest BCUT2D eigenvalue weighted by Crippen LogP contribution is -2.21. The van der Waals surface area contributed by atoms with Crippen molar-refractivity contribution in [3.8, 4) is 0 Å². The van der Waals surface area contributed by atoms with Gasteiger partial charge >= 0.3 is 6.18 Å². The zero-order chi connectivity index (χ0) is 29.1. The van der Waals surface area contributed by atoms with Crippen molar-refractivity contribution in [3.63, 3.8) is 0 Å². The monoisotopic (exact) mass is 583 g/mol. The number of carbonyl (C=O) groups excluding carboxylic acids is 2. The summed E-state index contributed by atoms with van der Waals surface area (Å²) < 4.78 is 95.9. The number of halogens is 8. The van der Waals surface area contributed by atoms with Gasteiger partial charge in [-0.15, -0.1) is 0 Å². The summed E-state index contributed by atoms with van der Waals surface area (Å²) in [6, 6.07) is 6.34. The molecule has 2 amide bonds. The van der Waals surface area contributed by atoms with Gasteiger partial charge in [0, 0.05) is 38.5 Å². The summed E-state index contributed by atoms with van der Waals surface area (Å²) in [5.41, 5.74) is -1.58. The Kier molecular flexibility index (Phi) is 6.77. The Morgan fingerprint density at radius 2 is 1.80 bits per heavy atom. The topological polar surface area (TPSA) is 63.1 Å². The number of nitrogens with zero attached hydrogens (tertiary/aromatic N) is 1. The predicted molar refractivity (Wildman–Crippen MR) is 133 cm³/mol. The van der Waals surface area contributed by atoms with Crippen molar-refractivity contribution in [1.82, 2.24) is 9.88 Å². The third-order valence-corrected chi connectivity index (χ3v) is 6.92. The Bertz CT molecular complexity index is 1700. The second-order valence-corrected chi connectivity index (χ2v) is 9.59. The average molecular weight is 584 g/mol. The normalized spacial score (nSPS) is 15.1. The van der Waals surface area contributed by atoms with Crippen LogP contribution in [0.3, 0.4) is 0 Å². The van der Waals surface area contributed by atoms with Crippen LogP contribution in [-0.2, 0) is 12.7 Å². The fraction of sp³-hybridized carbons (Fsp3) is 0.185. The summed E-state index contributed by atoms with van der Waals surface area (Å²) in [5, 5.41) is 5.36. The van der Waals surface area contributed by atoms with E-state index in [1.54, 1.807) is 0 Å². The van der Waals surface area contributed by atoms with Gasteiger partial charge in [0.1, 0.15) is 11.6 Å². The number of anilines is 1. The molecular formula is C27H17ClF7N3O2. The molecule has 4 aromatic rings. The number of rotatable bonds is 5. The van der Waals surface area contributed by atoms with Crippen molar-refractivity contribution >= 4 is 40.0 Å². The van der Waals surface area contributed by atoms with Gasteiger partial charge in [0.05, 0.1) is 29.2 Å². The molecule has 40 heavy (non-hydrogen) atoms. The van der Waals surface area contributed by atoms with Crippen molar-refractivity contribution < 1.29 is 40.3 Å². The van der Waals surface area contributed by atoms with Crippen LogP contribution in [0.1, 0.15) is 49.1 Å². The van der Waals surface area contributed by atoms with E-state index in [-0.39, 0.29) is 44.4 Å². The van der Waals surface area contributed by atoms with E-state index >= 15 is 0 Å². The molecule has 1 aliphatic rings. The first-order valence-corrected chi connectivity index (χ1v) is 12.0. The van der Waals surface area contributed by atoms with Crippen LogP contribution in [0.15, 0.2) is 48.5 Å². The van der Waals surface area contributed by atoms with Crippen LogP contribution in [0, 0.1) is 18.6 Å². The molecule has 0 spiro atoms. The number of fused-ring (bicyclic) bond motifs is 3. The maximum atomic E-state index is 14.2. The standard InChI is InChI=1S/C27H17ClF7N3O2/c1-11-4-17-20(38(11)10-21(31)32)9-19(36-25(39)12-5-13(27(33,34)35)7-15(30)6-12)23-22(17)26(40)37-24(23)16-8-14(29)2-3-18(16)28/h2-9,21,24H,10H2,1H3,(H,36,39)(H,37,40). The number of aromatic nitrogens is 1. The van der Waals surface area contributed by atoms with E-state index in [1.165, 1.54) is 29.7 Å². The molecule has 2 heterocycles. The number of benzene rings is 3. The summed E-state index contributed by atoms with van der Waals surface area (Å²) in [6.07, 6.45) is -7.72. The van der Waals surface area contributed by atoms with Gasteiger partial charge in [0.25, 0.3) is 18.2 Å². The smallest absolute Gasteiger partial charge is 0.341 e. The van der Waals surface area contributed by atoms with Crippen molar-refractivity contribution in [2.75, 3.05) is 5.32 Å². The first kappa shape index (κ1) is 27.5. The molecule has 5 nitrogen and oxygen atoms in total. The number of amides is 2. The highest BCUT2D eigenvalue weighted by Gasteiger charge is 2.37. The Hall–Kier alpha value is -4.06. The van der Waals surface area contributed by atoms with Gasteiger partial charge < -0.3 is 15.2 Å². The van der Waals surface area contributed by atoms with Gasteiger partial charge in [-0.2, -0.15) is 13.2 Å². The van der Waals surface area contributed by atoms with Crippen LogP contribution in [0.5, 0.6) is 0 Å². The molecule has 1 atom stereocenters. The van der Waals surface area contributed by atoms with Gasteiger partial charge in [-0.25, -0.2) is 17.6 Å². The van der Waals surface area contributed by atoms with E-state index in [1.807, 2.05) is 0 Å². The largest absolute Gasteiger partial charge is 0.416 e. The van der Waals surface area contributed by atoms with Crippen molar-refractivity contribution in [3.05, 3.63) is 98.7 Å². The van der Waals surface area contributed by atoms with Crippen LogP contribution in [0.2, 0.25) is 5.02 Å². The molecule has 0 bridgehead atoms. The van der Waals surface area contributed by atoms with E-state index in [2.05, 4.69) is 10.6 Å². The Labute approximate surface area is 226 Å². The molecule has 208 valence electrons. The van der Waals surface area contributed by atoms with E-state index in [9.17, 15) is 40.3 Å². The first-order valence-electron chi connectivity index (χ1n) is 11.6. The third kappa shape index (κ3) is 4.87. The minimum absolute atomic E-state index is 0.0236. The second kappa shape index (κ2) is 9.84. The van der Waals surface area contributed by atoms with E-state index in [4.69, 9.17) is 11.6 Å². The van der Waals surface area contributed by atoms with Gasteiger partial charge in [-0.1, -0.05) is 11.6 Å². The molecule has 1 aromatic heterocycles. The van der Waals surface area contributed by atoms with Gasteiger partial charge in [-0.3, -0.25) is 9.59 Å². The maximum Gasteiger partial charge on any atom is 0.416 e. The Morgan fingerprint density at radius 3 is 2.48 bits per heavy atom.